The van der Waals surface area contributed by atoms with Crippen molar-refractivity contribution in [1.29, 1.82) is 0 Å². The lowest BCUT2D eigenvalue weighted by Gasteiger charge is -2.10. The Hall–Kier alpha value is -4.14. The van der Waals surface area contributed by atoms with Gasteiger partial charge in [-0.05, 0) is 70.0 Å². The van der Waals surface area contributed by atoms with Crippen LogP contribution in [0.3, 0.4) is 0 Å². The summed E-state index contributed by atoms with van der Waals surface area (Å²) in [6.45, 7) is 5.47. The van der Waals surface area contributed by atoms with E-state index >= 15 is 0 Å². The Balaban J connectivity index is 1.40. The van der Waals surface area contributed by atoms with Crippen LogP contribution in [0.5, 0.6) is 0 Å². The van der Waals surface area contributed by atoms with Crippen molar-refractivity contribution in [3.63, 3.8) is 0 Å². The average Bonchev–Trinajstić information content (AvgIpc) is 3.42. The van der Waals surface area contributed by atoms with Gasteiger partial charge in [-0.3, -0.25) is 4.79 Å². The summed E-state index contributed by atoms with van der Waals surface area (Å²) in [5, 5.41) is 13.1. The molecule has 0 aliphatic heterocycles. The van der Waals surface area contributed by atoms with Crippen LogP contribution in [0.15, 0.2) is 45.3 Å². The number of nitrogens with zero attached hydrogens (tertiary/aromatic N) is 2. The fourth-order valence-corrected chi connectivity index (χ4v) is 3.71. The Morgan fingerprint density at radius 2 is 1.70 bits per heavy atom. The number of anilines is 2. The molecule has 0 unspecified atom stereocenters. The highest BCUT2D eigenvalue weighted by molar-refractivity contribution is 6.13. The van der Waals surface area contributed by atoms with Crippen LogP contribution in [-0.2, 0) is 0 Å². The molecule has 1 aliphatic carbocycles. The van der Waals surface area contributed by atoms with Gasteiger partial charge in [-0.1, -0.05) is 5.16 Å². The number of carbonyl (C=O) groups is 2. The van der Waals surface area contributed by atoms with Gasteiger partial charge in [0.25, 0.3) is 11.6 Å². The molecule has 0 spiro atoms. The highest BCUT2D eigenvalue weighted by Crippen LogP contribution is 2.31. The molecular weight excluding hydrogens is 422 g/mol. The molecule has 3 aromatic heterocycles. The van der Waals surface area contributed by atoms with E-state index in [0.29, 0.717) is 39.5 Å². The van der Waals surface area contributed by atoms with Crippen LogP contribution < -0.4 is 16.0 Å². The number of aromatic nitrogens is 2. The first-order valence-electron chi connectivity index (χ1n) is 10.7. The lowest BCUT2D eigenvalue weighted by atomic mass is 10.1. The number of nitrogens with one attached hydrogen (secondary N) is 3. The van der Waals surface area contributed by atoms with Crippen LogP contribution >= 0.6 is 0 Å². The zero-order valence-corrected chi connectivity index (χ0v) is 18.5. The SMILES string of the molecule is Cc1cc(-c2cc(C(=O)Nc3ccc(NC(=O)NC4CC4)cc3)c3c(C)noc3n2)c(C)o1. The zero-order chi connectivity index (χ0) is 23.1. The molecular formula is C24H23N5O4. The normalized spacial score (nSPS) is 13.2. The first-order valence-corrected chi connectivity index (χ1v) is 10.7. The van der Waals surface area contributed by atoms with E-state index in [-0.39, 0.29) is 23.7 Å². The number of furan rings is 1. The number of hydrogen-bond donors (Lipinski definition) is 3. The topological polar surface area (TPSA) is 122 Å². The molecule has 3 heterocycles. The van der Waals surface area contributed by atoms with Crippen molar-refractivity contribution in [3.05, 3.63) is 59.2 Å². The summed E-state index contributed by atoms with van der Waals surface area (Å²) in [7, 11) is 0. The van der Waals surface area contributed by atoms with E-state index in [1.165, 1.54) is 0 Å². The summed E-state index contributed by atoms with van der Waals surface area (Å²) in [6, 6.07) is 10.6. The second-order valence-corrected chi connectivity index (χ2v) is 8.23. The molecule has 3 N–H and O–H groups in total. The van der Waals surface area contributed by atoms with E-state index in [4.69, 9.17) is 8.94 Å². The maximum Gasteiger partial charge on any atom is 0.319 e. The highest BCUT2D eigenvalue weighted by Gasteiger charge is 2.23. The Labute approximate surface area is 189 Å². The Morgan fingerprint density at radius 1 is 1.00 bits per heavy atom. The van der Waals surface area contributed by atoms with Crippen molar-refractivity contribution >= 4 is 34.4 Å². The molecule has 1 aromatic carbocycles. The molecule has 33 heavy (non-hydrogen) atoms. The number of amides is 3. The third kappa shape index (κ3) is 4.30. The maximum absolute atomic E-state index is 13.2. The summed E-state index contributed by atoms with van der Waals surface area (Å²) >= 11 is 0. The van der Waals surface area contributed by atoms with E-state index in [2.05, 4.69) is 26.1 Å². The monoisotopic (exact) mass is 445 g/mol. The van der Waals surface area contributed by atoms with E-state index < -0.39 is 0 Å². The van der Waals surface area contributed by atoms with Crippen LogP contribution in [-0.4, -0.2) is 28.1 Å². The van der Waals surface area contributed by atoms with Crippen molar-refractivity contribution in [2.75, 3.05) is 10.6 Å². The van der Waals surface area contributed by atoms with Gasteiger partial charge in [-0.15, -0.1) is 0 Å². The molecule has 9 heteroatoms. The lowest BCUT2D eigenvalue weighted by molar-refractivity contribution is 0.102. The predicted molar refractivity (Wildman–Crippen MR) is 123 cm³/mol. The molecule has 0 radical (unpaired) electrons. The number of carbonyl (C=O) groups excluding carboxylic acids is 2. The van der Waals surface area contributed by atoms with Crippen molar-refractivity contribution in [1.82, 2.24) is 15.5 Å². The molecule has 4 aromatic rings. The highest BCUT2D eigenvalue weighted by atomic mass is 16.5. The largest absolute Gasteiger partial charge is 0.466 e. The molecule has 0 bridgehead atoms. The smallest absolute Gasteiger partial charge is 0.319 e. The van der Waals surface area contributed by atoms with E-state index in [1.807, 2.05) is 19.9 Å². The summed E-state index contributed by atoms with van der Waals surface area (Å²) in [5.74, 6) is 1.14. The van der Waals surface area contributed by atoms with Gasteiger partial charge in [0, 0.05) is 23.0 Å². The molecule has 0 atom stereocenters. The van der Waals surface area contributed by atoms with Gasteiger partial charge in [-0.2, -0.15) is 0 Å². The number of urea groups is 1. The van der Waals surface area contributed by atoms with Crippen molar-refractivity contribution in [3.8, 4) is 11.3 Å². The first-order chi connectivity index (χ1) is 15.9. The molecule has 3 amide bonds. The Bertz CT molecular complexity index is 1370. The molecule has 0 saturated heterocycles. The van der Waals surface area contributed by atoms with Crippen molar-refractivity contribution < 1.29 is 18.5 Å². The van der Waals surface area contributed by atoms with Crippen molar-refractivity contribution in [2.45, 2.75) is 39.7 Å². The third-order valence-electron chi connectivity index (χ3n) is 5.49. The number of rotatable bonds is 5. The fourth-order valence-electron chi connectivity index (χ4n) is 3.71. The standard InChI is InChI=1S/C24H23N5O4/c1-12-10-18(14(3)32-12)20-11-19(21-13(2)29-33-23(21)28-20)22(30)25-15-4-6-16(7-5-15)26-24(31)27-17-8-9-17/h4-7,10-11,17H,8-9H2,1-3H3,(H,25,30)(H2,26,27,31). The first kappa shape index (κ1) is 20.7. The van der Waals surface area contributed by atoms with E-state index in [1.54, 1.807) is 37.3 Å². The minimum atomic E-state index is -0.319. The summed E-state index contributed by atoms with van der Waals surface area (Å²) in [5.41, 5.74) is 3.85. The second kappa shape index (κ2) is 8.09. The van der Waals surface area contributed by atoms with Crippen LogP contribution in [0, 0.1) is 20.8 Å². The number of pyridine rings is 1. The van der Waals surface area contributed by atoms with Gasteiger partial charge in [0.05, 0.1) is 22.3 Å². The average molecular weight is 445 g/mol. The summed E-state index contributed by atoms with van der Waals surface area (Å²) in [6.07, 6.45) is 2.04. The van der Waals surface area contributed by atoms with Gasteiger partial charge < -0.3 is 24.9 Å². The van der Waals surface area contributed by atoms with E-state index in [9.17, 15) is 9.59 Å². The summed E-state index contributed by atoms with van der Waals surface area (Å²) < 4.78 is 11.0. The lowest BCUT2D eigenvalue weighted by Crippen LogP contribution is -2.30. The molecule has 1 saturated carbocycles. The molecule has 168 valence electrons. The number of aryl methyl sites for hydroxylation is 3. The van der Waals surface area contributed by atoms with Gasteiger partial charge in [-0.25, -0.2) is 9.78 Å². The van der Waals surface area contributed by atoms with Crippen molar-refractivity contribution in [2.24, 2.45) is 0 Å². The molecule has 5 rings (SSSR count). The Morgan fingerprint density at radius 3 is 2.33 bits per heavy atom. The second-order valence-electron chi connectivity index (χ2n) is 8.23. The van der Waals surface area contributed by atoms with E-state index in [0.717, 1.165) is 24.2 Å². The Kier molecular flexibility index (Phi) is 5.08. The number of fused-ring (bicyclic) bond motifs is 1. The van der Waals surface area contributed by atoms with Crippen LogP contribution in [0.1, 0.15) is 40.4 Å². The van der Waals surface area contributed by atoms with Gasteiger partial charge in [0.15, 0.2) is 0 Å². The van der Waals surface area contributed by atoms with Crippen LogP contribution in [0.2, 0.25) is 0 Å². The maximum atomic E-state index is 13.2. The molecule has 1 aliphatic rings. The van der Waals surface area contributed by atoms with Crippen LogP contribution in [0.25, 0.3) is 22.4 Å². The van der Waals surface area contributed by atoms with Gasteiger partial charge in [0.1, 0.15) is 11.5 Å². The zero-order valence-electron chi connectivity index (χ0n) is 18.5. The van der Waals surface area contributed by atoms with Gasteiger partial charge in [0.2, 0.25) is 0 Å². The molecule has 1 fully saturated rings. The van der Waals surface area contributed by atoms with Gasteiger partial charge >= 0.3 is 6.03 Å². The van der Waals surface area contributed by atoms with Crippen LogP contribution in [0.4, 0.5) is 16.2 Å². The minimum Gasteiger partial charge on any atom is -0.466 e. The predicted octanol–water partition coefficient (Wildman–Crippen LogP) is 4.94. The number of benzene rings is 1. The fraction of sp³-hybridized carbons (Fsp3) is 0.250. The minimum absolute atomic E-state index is 0.228. The quantitative estimate of drug-likeness (QED) is 0.400. The summed E-state index contributed by atoms with van der Waals surface area (Å²) in [4.78, 5) is 29.7. The third-order valence-corrected chi connectivity index (χ3v) is 5.49. The molecule has 9 nitrogen and oxygen atoms in total. The number of hydrogen-bond acceptors (Lipinski definition) is 6.